The molecule has 5 nitrogen and oxygen atoms in total. The molecule has 1 atom stereocenters. The Kier molecular flexibility index (Phi) is 4.42. The number of rotatable bonds is 5. The van der Waals surface area contributed by atoms with Crippen LogP contribution in [-0.4, -0.2) is 20.4 Å². The smallest absolute Gasteiger partial charge is 0.240 e. The lowest BCUT2D eigenvalue weighted by Crippen LogP contribution is -2.35. The number of imidazole rings is 1. The van der Waals surface area contributed by atoms with Crippen LogP contribution < -0.4 is 5.32 Å². The molecular weight excluding hydrogens is 300 g/mol. The summed E-state index contributed by atoms with van der Waals surface area (Å²) in [7, 11) is 0. The fourth-order valence-electron chi connectivity index (χ4n) is 2.98. The van der Waals surface area contributed by atoms with Crippen LogP contribution in [0.3, 0.4) is 0 Å². The van der Waals surface area contributed by atoms with E-state index in [1.807, 2.05) is 54.8 Å². The summed E-state index contributed by atoms with van der Waals surface area (Å²) in [5, 5.41) is 3.13. The number of aromatic amines is 1. The fourth-order valence-corrected chi connectivity index (χ4v) is 2.98. The third-order valence-electron chi connectivity index (χ3n) is 4.40. The van der Waals surface area contributed by atoms with E-state index in [1.54, 1.807) is 0 Å². The number of H-pyrrole nitrogens is 1. The Balaban J connectivity index is 1.80. The SMILES string of the molecule is Cc1ccc(C)n1CC(=O)N[C@H](c1nc2ccccc2[nH]1)C(C)C. The zero-order valence-electron chi connectivity index (χ0n) is 14.6. The van der Waals surface area contributed by atoms with Gasteiger partial charge in [-0.25, -0.2) is 4.98 Å². The first-order valence-corrected chi connectivity index (χ1v) is 8.32. The highest BCUT2D eigenvalue weighted by Crippen LogP contribution is 2.22. The molecule has 0 bridgehead atoms. The van der Waals surface area contributed by atoms with Crippen molar-refractivity contribution >= 4 is 16.9 Å². The molecule has 2 heterocycles. The zero-order valence-corrected chi connectivity index (χ0v) is 14.6. The minimum atomic E-state index is -0.138. The standard InChI is InChI=1S/C19H24N4O/c1-12(2)18(19-20-15-7-5-6-8-16(15)21-19)22-17(24)11-23-13(3)9-10-14(23)4/h5-10,12,18H,11H2,1-4H3,(H,20,21)(H,22,24)/t18-/m0/s1. The molecular formula is C19H24N4O. The van der Waals surface area contributed by atoms with Gasteiger partial charge in [-0.2, -0.15) is 0 Å². The van der Waals surface area contributed by atoms with E-state index in [0.717, 1.165) is 28.2 Å². The van der Waals surface area contributed by atoms with E-state index in [0.29, 0.717) is 6.54 Å². The van der Waals surface area contributed by atoms with Crippen molar-refractivity contribution in [3.05, 3.63) is 53.6 Å². The van der Waals surface area contributed by atoms with Crippen molar-refractivity contribution in [3.8, 4) is 0 Å². The highest BCUT2D eigenvalue weighted by Gasteiger charge is 2.22. The Hall–Kier alpha value is -2.56. The number of hydrogen-bond donors (Lipinski definition) is 2. The molecule has 0 aliphatic rings. The monoisotopic (exact) mass is 324 g/mol. The predicted molar refractivity (Wildman–Crippen MR) is 95.7 cm³/mol. The van der Waals surface area contributed by atoms with E-state index in [4.69, 9.17) is 0 Å². The Labute approximate surface area is 142 Å². The predicted octanol–water partition coefficient (Wildman–Crippen LogP) is 3.49. The molecule has 0 aliphatic heterocycles. The number of hydrogen-bond acceptors (Lipinski definition) is 2. The van der Waals surface area contributed by atoms with Crippen molar-refractivity contribution in [3.63, 3.8) is 0 Å². The molecule has 0 saturated heterocycles. The van der Waals surface area contributed by atoms with Crippen LogP contribution in [0.2, 0.25) is 0 Å². The molecule has 0 unspecified atom stereocenters. The van der Waals surface area contributed by atoms with Gasteiger partial charge in [-0.1, -0.05) is 26.0 Å². The third kappa shape index (κ3) is 3.20. The van der Waals surface area contributed by atoms with Crippen LogP contribution in [0.1, 0.15) is 37.1 Å². The van der Waals surface area contributed by atoms with Crippen LogP contribution in [0, 0.1) is 19.8 Å². The maximum absolute atomic E-state index is 12.5. The summed E-state index contributed by atoms with van der Waals surface area (Å²) >= 11 is 0. The number of carbonyl (C=O) groups is 1. The summed E-state index contributed by atoms with van der Waals surface area (Å²) < 4.78 is 2.02. The van der Waals surface area contributed by atoms with Gasteiger partial charge in [-0.3, -0.25) is 4.79 Å². The molecule has 2 aromatic heterocycles. The largest absolute Gasteiger partial charge is 0.344 e. The van der Waals surface area contributed by atoms with Crippen molar-refractivity contribution in [2.75, 3.05) is 0 Å². The molecule has 0 aliphatic carbocycles. The second kappa shape index (κ2) is 6.51. The highest BCUT2D eigenvalue weighted by atomic mass is 16.2. The van der Waals surface area contributed by atoms with E-state index in [9.17, 15) is 4.79 Å². The molecule has 1 aromatic carbocycles. The quantitative estimate of drug-likeness (QED) is 0.754. The molecule has 3 rings (SSSR count). The molecule has 5 heteroatoms. The van der Waals surface area contributed by atoms with Crippen molar-refractivity contribution in [1.82, 2.24) is 19.9 Å². The van der Waals surface area contributed by atoms with Crippen LogP contribution in [0.5, 0.6) is 0 Å². The lowest BCUT2D eigenvalue weighted by molar-refractivity contribution is -0.122. The van der Waals surface area contributed by atoms with Crippen LogP contribution in [0.4, 0.5) is 0 Å². The van der Waals surface area contributed by atoms with Crippen molar-refractivity contribution in [2.24, 2.45) is 5.92 Å². The first-order chi connectivity index (χ1) is 11.5. The van der Waals surface area contributed by atoms with Gasteiger partial charge in [0.15, 0.2) is 0 Å². The van der Waals surface area contributed by atoms with Gasteiger partial charge in [0.1, 0.15) is 12.4 Å². The zero-order chi connectivity index (χ0) is 17.3. The topological polar surface area (TPSA) is 62.7 Å². The van der Waals surface area contributed by atoms with Crippen molar-refractivity contribution < 1.29 is 4.79 Å². The number of nitrogens with zero attached hydrogens (tertiary/aromatic N) is 2. The second-order valence-corrected chi connectivity index (χ2v) is 6.63. The van der Waals surface area contributed by atoms with E-state index in [2.05, 4.69) is 29.1 Å². The fraction of sp³-hybridized carbons (Fsp3) is 0.368. The third-order valence-corrected chi connectivity index (χ3v) is 4.40. The second-order valence-electron chi connectivity index (χ2n) is 6.63. The average Bonchev–Trinajstić information content (AvgIpc) is 3.10. The summed E-state index contributed by atoms with van der Waals surface area (Å²) in [6.07, 6.45) is 0. The van der Waals surface area contributed by atoms with Gasteiger partial charge in [-0.05, 0) is 44.0 Å². The van der Waals surface area contributed by atoms with Crippen molar-refractivity contribution in [1.29, 1.82) is 0 Å². The highest BCUT2D eigenvalue weighted by molar-refractivity contribution is 5.77. The molecule has 24 heavy (non-hydrogen) atoms. The number of fused-ring (bicyclic) bond motifs is 1. The maximum Gasteiger partial charge on any atom is 0.240 e. The van der Waals surface area contributed by atoms with Gasteiger partial charge >= 0.3 is 0 Å². The van der Waals surface area contributed by atoms with Crippen LogP contribution in [0.15, 0.2) is 36.4 Å². The summed E-state index contributed by atoms with van der Waals surface area (Å²) in [5.41, 5.74) is 4.09. The maximum atomic E-state index is 12.5. The lowest BCUT2D eigenvalue weighted by Gasteiger charge is -2.21. The molecule has 0 fully saturated rings. The van der Waals surface area contributed by atoms with E-state index >= 15 is 0 Å². The van der Waals surface area contributed by atoms with E-state index in [-0.39, 0.29) is 17.9 Å². The normalized spacial score (nSPS) is 12.7. The lowest BCUT2D eigenvalue weighted by atomic mass is 10.0. The number of amides is 1. The van der Waals surface area contributed by atoms with E-state index < -0.39 is 0 Å². The van der Waals surface area contributed by atoms with Gasteiger partial charge in [0, 0.05) is 11.4 Å². The average molecular weight is 324 g/mol. The minimum Gasteiger partial charge on any atom is -0.344 e. The Morgan fingerprint density at radius 3 is 2.46 bits per heavy atom. The minimum absolute atomic E-state index is 0.00319. The van der Waals surface area contributed by atoms with Crippen LogP contribution in [0.25, 0.3) is 11.0 Å². The molecule has 0 radical (unpaired) electrons. The number of para-hydroxylation sites is 2. The molecule has 126 valence electrons. The van der Waals surface area contributed by atoms with Gasteiger partial charge in [0.05, 0.1) is 17.1 Å². The Morgan fingerprint density at radius 1 is 1.17 bits per heavy atom. The molecule has 0 saturated carbocycles. The summed E-state index contributed by atoms with van der Waals surface area (Å²) in [6.45, 7) is 8.53. The van der Waals surface area contributed by atoms with Gasteiger partial charge in [-0.15, -0.1) is 0 Å². The molecule has 1 amide bonds. The molecule has 2 N–H and O–H groups in total. The van der Waals surface area contributed by atoms with Gasteiger partial charge in [0.25, 0.3) is 0 Å². The van der Waals surface area contributed by atoms with Crippen molar-refractivity contribution in [2.45, 2.75) is 40.3 Å². The van der Waals surface area contributed by atoms with Gasteiger partial charge in [0.2, 0.25) is 5.91 Å². The number of aromatic nitrogens is 3. The Morgan fingerprint density at radius 2 is 1.83 bits per heavy atom. The van der Waals surface area contributed by atoms with E-state index in [1.165, 1.54) is 0 Å². The number of nitrogens with one attached hydrogen (secondary N) is 2. The van der Waals surface area contributed by atoms with Crippen LogP contribution in [-0.2, 0) is 11.3 Å². The number of benzene rings is 1. The first-order valence-electron chi connectivity index (χ1n) is 8.32. The number of aryl methyl sites for hydroxylation is 2. The first kappa shape index (κ1) is 16.3. The summed E-state index contributed by atoms with van der Waals surface area (Å²) in [4.78, 5) is 20.5. The number of carbonyl (C=O) groups excluding carboxylic acids is 1. The van der Waals surface area contributed by atoms with Gasteiger partial charge < -0.3 is 14.9 Å². The summed E-state index contributed by atoms with van der Waals surface area (Å²) in [5.74, 6) is 1.04. The molecule has 0 spiro atoms. The Bertz CT molecular complexity index is 807. The molecule has 3 aromatic rings. The summed E-state index contributed by atoms with van der Waals surface area (Å²) in [6, 6.07) is 11.8. The van der Waals surface area contributed by atoms with Crippen LogP contribution >= 0.6 is 0 Å².